The van der Waals surface area contributed by atoms with Crippen molar-refractivity contribution in [3.63, 3.8) is 0 Å². The van der Waals surface area contributed by atoms with Gasteiger partial charge in [-0.15, -0.1) is 0 Å². The smallest absolute Gasteiger partial charge is 0.0715 e. The molecule has 2 nitrogen and oxygen atoms in total. The summed E-state index contributed by atoms with van der Waals surface area (Å²) in [5, 5.41) is 0. The summed E-state index contributed by atoms with van der Waals surface area (Å²) in [6, 6.07) is 0.642. The summed E-state index contributed by atoms with van der Waals surface area (Å²) in [5.41, 5.74) is 0.468. The van der Waals surface area contributed by atoms with Gasteiger partial charge in [0.05, 0.1) is 11.7 Å². The van der Waals surface area contributed by atoms with Crippen LogP contribution in [0.25, 0.3) is 0 Å². The lowest BCUT2D eigenvalue weighted by atomic mass is 9.74. The Balaban J connectivity index is 2.10. The second kappa shape index (κ2) is 4.55. The zero-order chi connectivity index (χ0) is 12.7. The van der Waals surface area contributed by atoms with E-state index in [4.69, 9.17) is 4.74 Å². The molecule has 17 heavy (non-hydrogen) atoms. The van der Waals surface area contributed by atoms with E-state index in [0.29, 0.717) is 12.1 Å². The molecule has 0 aliphatic carbocycles. The Hall–Kier alpha value is -0.0800. The fraction of sp³-hybridized carbons (Fsp3) is 1.00. The predicted molar refractivity (Wildman–Crippen MR) is 72.3 cm³/mol. The average molecular weight is 239 g/mol. The largest absolute Gasteiger partial charge is 0.372 e. The van der Waals surface area contributed by atoms with Crippen molar-refractivity contribution in [1.29, 1.82) is 0 Å². The number of hydrogen-bond acceptors (Lipinski definition) is 2. The van der Waals surface area contributed by atoms with E-state index in [1.165, 1.54) is 38.6 Å². The van der Waals surface area contributed by atoms with Crippen LogP contribution >= 0.6 is 0 Å². The maximum Gasteiger partial charge on any atom is 0.0715 e. The lowest BCUT2D eigenvalue weighted by Crippen LogP contribution is -2.60. The number of likely N-dealkylation sites (tertiary alicyclic amines) is 1. The number of rotatable bonds is 1. The van der Waals surface area contributed by atoms with Crippen molar-refractivity contribution in [2.45, 2.75) is 90.0 Å². The molecular formula is C15H29NO. The van der Waals surface area contributed by atoms with Crippen molar-refractivity contribution in [3.05, 3.63) is 0 Å². The monoisotopic (exact) mass is 239 g/mol. The molecular weight excluding hydrogens is 210 g/mol. The van der Waals surface area contributed by atoms with E-state index in [9.17, 15) is 0 Å². The molecule has 0 bridgehead atoms. The molecule has 2 heteroatoms. The average Bonchev–Trinajstić information content (AvgIpc) is 2.14. The lowest BCUT2D eigenvalue weighted by molar-refractivity contribution is -0.174. The highest BCUT2D eigenvalue weighted by Crippen LogP contribution is 2.43. The van der Waals surface area contributed by atoms with Crippen LogP contribution in [0.1, 0.15) is 66.7 Å². The standard InChI is InChI=1S/C15H29NO/c1-12(2)16-10-9-15(11-14(16,4)5)8-6-7-13(3)17-15/h12-13H,6-11H2,1-5H3. The Bertz CT molecular complexity index is 274. The minimum atomic E-state index is 0.187. The molecule has 2 saturated heterocycles. The second-order valence-corrected chi connectivity index (χ2v) is 7.03. The fourth-order valence-corrected chi connectivity index (χ4v) is 4.13. The highest BCUT2D eigenvalue weighted by atomic mass is 16.5. The molecule has 1 spiro atoms. The molecule has 2 fully saturated rings. The van der Waals surface area contributed by atoms with E-state index in [0.717, 1.165) is 0 Å². The normalized spacial score (nSPS) is 38.8. The van der Waals surface area contributed by atoms with Gasteiger partial charge >= 0.3 is 0 Å². The van der Waals surface area contributed by atoms with Gasteiger partial charge in [0.25, 0.3) is 0 Å². The summed E-state index contributed by atoms with van der Waals surface area (Å²) in [5.74, 6) is 0. The van der Waals surface area contributed by atoms with Crippen molar-refractivity contribution in [3.8, 4) is 0 Å². The van der Waals surface area contributed by atoms with Gasteiger partial charge in [-0.2, -0.15) is 0 Å². The van der Waals surface area contributed by atoms with Gasteiger partial charge in [0, 0.05) is 18.1 Å². The van der Waals surface area contributed by atoms with Gasteiger partial charge in [-0.25, -0.2) is 0 Å². The molecule has 0 aromatic heterocycles. The molecule has 2 heterocycles. The van der Waals surface area contributed by atoms with E-state index >= 15 is 0 Å². The summed E-state index contributed by atoms with van der Waals surface area (Å²) in [7, 11) is 0. The summed E-state index contributed by atoms with van der Waals surface area (Å²) in [6.45, 7) is 12.8. The number of hydrogen-bond donors (Lipinski definition) is 0. The van der Waals surface area contributed by atoms with Crippen LogP contribution in [0.5, 0.6) is 0 Å². The highest BCUT2D eigenvalue weighted by molar-refractivity contribution is 5.01. The number of piperidine rings is 1. The van der Waals surface area contributed by atoms with E-state index in [1.807, 2.05) is 0 Å². The van der Waals surface area contributed by atoms with Gasteiger partial charge in [0.1, 0.15) is 0 Å². The van der Waals surface area contributed by atoms with Gasteiger partial charge in [-0.1, -0.05) is 0 Å². The SMILES string of the molecule is CC1CCCC2(CCN(C(C)C)C(C)(C)C2)O1. The first-order valence-corrected chi connectivity index (χ1v) is 7.29. The number of ether oxygens (including phenoxy) is 1. The Morgan fingerprint density at radius 1 is 1.24 bits per heavy atom. The van der Waals surface area contributed by atoms with Crippen molar-refractivity contribution in [1.82, 2.24) is 4.90 Å². The summed E-state index contributed by atoms with van der Waals surface area (Å²) in [6.07, 6.45) is 6.74. The Morgan fingerprint density at radius 2 is 1.94 bits per heavy atom. The second-order valence-electron chi connectivity index (χ2n) is 7.03. The van der Waals surface area contributed by atoms with Crippen LogP contribution in [0.4, 0.5) is 0 Å². The molecule has 0 amide bonds. The minimum absolute atomic E-state index is 0.187. The topological polar surface area (TPSA) is 12.5 Å². The van der Waals surface area contributed by atoms with E-state index in [2.05, 4.69) is 39.5 Å². The molecule has 0 radical (unpaired) electrons. The molecule has 2 rings (SSSR count). The molecule has 0 aromatic rings. The van der Waals surface area contributed by atoms with Gasteiger partial charge in [-0.3, -0.25) is 4.90 Å². The van der Waals surface area contributed by atoms with Crippen LogP contribution in [-0.2, 0) is 4.74 Å². The Morgan fingerprint density at radius 3 is 2.47 bits per heavy atom. The molecule has 0 saturated carbocycles. The first-order valence-electron chi connectivity index (χ1n) is 7.29. The van der Waals surface area contributed by atoms with Gasteiger partial charge < -0.3 is 4.74 Å². The zero-order valence-electron chi connectivity index (χ0n) is 12.3. The number of nitrogens with zero attached hydrogens (tertiary/aromatic N) is 1. The Labute approximate surface area is 107 Å². The molecule has 2 aliphatic rings. The summed E-state index contributed by atoms with van der Waals surface area (Å²) >= 11 is 0. The van der Waals surface area contributed by atoms with Crippen molar-refractivity contribution in [2.24, 2.45) is 0 Å². The third-order valence-corrected chi connectivity index (χ3v) is 4.66. The van der Waals surface area contributed by atoms with E-state index in [-0.39, 0.29) is 11.1 Å². The van der Waals surface area contributed by atoms with Crippen LogP contribution in [0, 0.1) is 0 Å². The van der Waals surface area contributed by atoms with Gasteiger partial charge in [0.15, 0.2) is 0 Å². The van der Waals surface area contributed by atoms with Crippen molar-refractivity contribution < 1.29 is 4.74 Å². The van der Waals surface area contributed by atoms with Crippen molar-refractivity contribution in [2.75, 3.05) is 6.54 Å². The van der Waals surface area contributed by atoms with E-state index < -0.39 is 0 Å². The van der Waals surface area contributed by atoms with Crippen LogP contribution in [0.3, 0.4) is 0 Å². The molecule has 2 aliphatic heterocycles. The van der Waals surface area contributed by atoms with Crippen LogP contribution in [0.2, 0.25) is 0 Å². The third-order valence-electron chi connectivity index (χ3n) is 4.66. The summed E-state index contributed by atoms with van der Waals surface area (Å²) in [4.78, 5) is 2.64. The maximum absolute atomic E-state index is 6.35. The molecule has 0 N–H and O–H groups in total. The maximum atomic E-state index is 6.35. The first-order chi connectivity index (χ1) is 7.85. The zero-order valence-corrected chi connectivity index (χ0v) is 12.3. The molecule has 2 unspecified atom stereocenters. The van der Waals surface area contributed by atoms with Gasteiger partial charge in [0.2, 0.25) is 0 Å². The van der Waals surface area contributed by atoms with Crippen molar-refractivity contribution >= 4 is 0 Å². The van der Waals surface area contributed by atoms with E-state index in [1.54, 1.807) is 0 Å². The lowest BCUT2D eigenvalue weighted by Gasteiger charge is -2.54. The quantitative estimate of drug-likeness (QED) is 0.693. The van der Waals surface area contributed by atoms with Crippen LogP contribution < -0.4 is 0 Å². The van der Waals surface area contributed by atoms with Crippen LogP contribution in [0.15, 0.2) is 0 Å². The van der Waals surface area contributed by atoms with Crippen LogP contribution in [-0.4, -0.2) is 34.7 Å². The minimum Gasteiger partial charge on any atom is -0.372 e. The Kier molecular flexibility index (Phi) is 3.57. The first kappa shape index (κ1) is 13.4. The molecule has 100 valence electrons. The predicted octanol–water partition coefficient (Wildman–Crippen LogP) is 3.60. The molecule has 2 atom stereocenters. The third kappa shape index (κ3) is 2.68. The summed E-state index contributed by atoms with van der Waals surface area (Å²) < 4.78 is 6.35. The van der Waals surface area contributed by atoms with Gasteiger partial charge in [-0.05, 0) is 66.7 Å². The molecule has 0 aromatic carbocycles. The fourth-order valence-electron chi connectivity index (χ4n) is 4.13. The highest BCUT2D eigenvalue weighted by Gasteiger charge is 2.47.